The number of anilines is 1. The summed E-state index contributed by atoms with van der Waals surface area (Å²) < 4.78 is 26.6. The maximum atomic E-state index is 13.5. The molecule has 0 aromatic heterocycles. The van der Waals surface area contributed by atoms with E-state index in [4.69, 9.17) is 5.73 Å². The SMILES string of the molecule is NCC1(C(=O)Nc2cccc(F)c2F)CCCCC1. The van der Waals surface area contributed by atoms with E-state index >= 15 is 0 Å². The van der Waals surface area contributed by atoms with E-state index < -0.39 is 17.0 Å². The molecule has 1 fully saturated rings. The Morgan fingerprint density at radius 2 is 1.95 bits per heavy atom. The Morgan fingerprint density at radius 1 is 1.26 bits per heavy atom. The molecule has 0 heterocycles. The number of nitrogens with one attached hydrogen (secondary N) is 1. The van der Waals surface area contributed by atoms with Gasteiger partial charge in [0.05, 0.1) is 11.1 Å². The third-order valence-corrected chi connectivity index (χ3v) is 3.88. The number of carbonyl (C=O) groups is 1. The largest absolute Gasteiger partial charge is 0.329 e. The minimum atomic E-state index is -1.03. The Hall–Kier alpha value is -1.49. The van der Waals surface area contributed by atoms with E-state index in [1.807, 2.05) is 0 Å². The molecular weight excluding hydrogens is 250 g/mol. The predicted molar refractivity (Wildman–Crippen MR) is 69.6 cm³/mol. The fourth-order valence-electron chi connectivity index (χ4n) is 2.61. The van der Waals surface area contributed by atoms with Crippen molar-refractivity contribution in [2.75, 3.05) is 11.9 Å². The third-order valence-electron chi connectivity index (χ3n) is 3.88. The van der Waals surface area contributed by atoms with Gasteiger partial charge in [-0.05, 0) is 25.0 Å². The number of benzene rings is 1. The second-order valence-electron chi connectivity index (χ2n) is 5.10. The minimum Gasteiger partial charge on any atom is -0.329 e. The number of hydrogen-bond acceptors (Lipinski definition) is 2. The molecule has 2 rings (SSSR count). The highest BCUT2D eigenvalue weighted by Gasteiger charge is 2.38. The second kappa shape index (κ2) is 5.65. The van der Waals surface area contributed by atoms with Crippen molar-refractivity contribution >= 4 is 11.6 Å². The van der Waals surface area contributed by atoms with Gasteiger partial charge in [-0.3, -0.25) is 4.79 Å². The maximum Gasteiger partial charge on any atom is 0.231 e. The summed E-state index contributed by atoms with van der Waals surface area (Å²) in [6.45, 7) is 0.232. The Balaban J connectivity index is 2.17. The smallest absolute Gasteiger partial charge is 0.231 e. The molecule has 0 radical (unpaired) electrons. The monoisotopic (exact) mass is 268 g/mol. The van der Waals surface area contributed by atoms with Gasteiger partial charge in [0.1, 0.15) is 0 Å². The van der Waals surface area contributed by atoms with Gasteiger partial charge in [0.15, 0.2) is 11.6 Å². The average Bonchev–Trinajstić information content (AvgIpc) is 2.44. The summed E-state index contributed by atoms with van der Waals surface area (Å²) in [7, 11) is 0. The van der Waals surface area contributed by atoms with E-state index in [1.54, 1.807) is 0 Å². The number of rotatable bonds is 3. The van der Waals surface area contributed by atoms with Crippen molar-refractivity contribution in [1.29, 1.82) is 0 Å². The molecule has 0 aliphatic heterocycles. The lowest BCUT2D eigenvalue weighted by atomic mass is 9.73. The zero-order valence-corrected chi connectivity index (χ0v) is 10.7. The molecule has 19 heavy (non-hydrogen) atoms. The van der Waals surface area contributed by atoms with Gasteiger partial charge in [-0.25, -0.2) is 8.78 Å². The summed E-state index contributed by atoms with van der Waals surface area (Å²) in [4.78, 5) is 12.3. The molecule has 0 bridgehead atoms. The summed E-state index contributed by atoms with van der Waals surface area (Å²) >= 11 is 0. The number of hydrogen-bond donors (Lipinski definition) is 2. The van der Waals surface area contributed by atoms with Crippen LogP contribution in [0.1, 0.15) is 32.1 Å². The molecule has 3 nitrogen and oxygen atoms in total. The Labute approximate surface area is 111 Å². The van der Waals surface area contributed by atoms with Crippen LogP contribution in [0.25, 0.3) is 0 Å². The molecule has 1 amide bonds. The molecule has 1 aromatic rings. The van der Waals surface area contributed by atoms with Crippen LogP contribution in [0.2, 0.25) is 0 Å². The first-order valence-electron chi connectivity index (χ1n) is 6.55. The van der Waals surface area contributed by atoms with Crippen LogP contribution in [-0.4, -0.2) is 12.5 Å². The van der Waals surface area contributed by atoms with Crippen molar-refractivity contribution in [3.05, 3.63) is 29.8 Å². The van der Waals surface area contributed by atoms with Crippen molar-refractivity contribution in [3.8, 4) is 0 Å². The standard InChI is InChI=1S/C14H18F2N2O/c15-10-5-4-6-11(12(10)16)18-13(19)14(9-17)7-2-1-3-8-14/h4-6H,1-3,7-9,17H2,(H,18,19). The van der Waals surface area contributed by atoms with E-state index in [1.165, 1.54) is 12.1 Å². The highest BCUT2D eigenvalue weighted by Crippen LogP contribution is 2.36. The van der Waals surface area contributed by atoms with Crippen molar-refractivity contribution < 1.29 is 13.6 Å². The van der Waals surface area contributed by atoms with Crippen LogP contribution in [-0.2, 0) is 4.79 Å². The molecular formula is C14H18F2N2O. The van der Waals surface area contributed by atoms with Gasteiger partial charge in [0.25, 0.3) is 0 Å². The molecule has 0 spiro atoms. The highest BCUT2D eigenvalue weighted by atomic mass is 19.2. The Bertz CT molecular complexity index is 471. The molecule has 3 N–H and O–H groups in total. The highest BCUT2D eigenvalue weighted by molar-refractivity contribution is 5.95. The lowest BCUT2D eigenvalue weighted by Gasteiger charge is -2.34. The van der Waals surface area contributed by atoms with Crippen LogP contribution in [0.5, 0.6) is 0 Å². The molecule has 1 aromatic carbocycles. The topological polar surface area (TPSA) is 55.1 Å². The minimum absolute atomic E-state index is 0.122. The average molecular weight is 268 g/mol. The van der Waals surface area contributed by atoms with Crippen LogP contribution in [0.4, 0.5) is 14.5 Å². The van der Waals surface area contributed by atoms with E-state index in [2.05, 4.69) is 5.32 Å². The van der Waals surface area contributed by atoms with Crippen LogP contribution in [0.15, 0.2) is 18.2 Å². The van der Waals surface area contributed by atoms with Crippen molar-refractivity contribution in [2.24, 2.45) is 11.1 Å². The van der Waals surface area contributed by atoms with Gasteiger partial charge < -0.3 is 11.1 Å². The molecule has 1 saturated carbocycles. The summed E-state index contributed by atoms with van der Waals surface area (Å²) in [6.07, 6.45) is 4.37. The zero-order chi connectivity index (χ0) is 13.9. The first kappa shape index (κ1) is 13.9. The molecule has 1 aliphatic rings. The van der Waals surface area contributed by atoms with E-state index in [-0.39, 0.29) is 18.1 Å². The lowest BCUT2D eigenvalue weighted by Crippen LogP contribution is -2.44. The Kier molecular flexibility index (Phi) is 4.14. The van der Waals surface area contributed by atoms with E-state index in [9.17, 15) is 13.6 Å². The van der Waals surface area contributed by atoms with Crippen LogP contribution >= 0.6 is 0 Å². The van der Waals surface area contributed by atoms with Gasteiger partial charge in [-0.2, -0.15) is 0 Å². The fraction of sp³-hybridized carbons (Fsp3) is 0.500. The lowest BCUT2D eigenvalue weighted by molar-refractivity contribution is -0.126. The number of halogens is 2. The quantitative estimate of drug-likeness (QED) is 0.885. The van der Waals surface area contributed by atoms with Gasteiger partial charge in [0, 0.05) is 6.54 Å². The van der Waals surface area contributed by atoms with Crippen LogP contribution < -0.4 is 11.1 Å². The summed E-state index contributed by atoms with van der Waals surface area (Å²) in [5.74, 6) is -2.30. The number of amides is 1. The number of nitrogens with two attached hydrogens (primary N) is 1. The first-order chi connectivity index (χ1) is 9.09. The molecule has 1 aliphatic carbocycles. The molecule has 5 heteroatoms. The summed E-state index contributed by atoms with van der Waals surface area (Å²) in [5, 5.41) is 2.48. The fourth-order valence-corrected chi connectivity index (χ4v) is 2.61. The van der Waals surface area contributed by atoms with E-state index in [0.29, 0.717) is 12.8 Å². The van der Waals surface area contributed by atoms with Crippen LogP contribution in [0, 0.1) is 17.0 Å². The maximum absolute atomic E-state index is 13.5. The van der Waals surface area contributed by atoms with Crippen molar-refractivity contribution in [3.63, 3.8) is 0 Å². The molecule has 0 atom stereocenters. The van der Waals surface area contributed by atoms with Crippen molar-refractivity contribution in [1.82, 2.24) is 0 Å². The van der Waals surface area contributed by atoms with E-state index in [0.717, 1.165) is 25.3 Å². The zero-order valence-electron chi connectivity index (χ0n) is 10.7. The summed E-state index contributed by atoms with van der Waals surface area (Å²) in [6, 6.07) is 3.73. The van der Waals surface area contributed by atoms with Gasteiger partial charge >= 0.3 is 0 Å². The summed E-state index contributed by atoms with van der Waals surface area (Å²) in [5.41, 5.74) is 4.97. The first-order valence-corrected chi connectivity index (χ1v) is 6.55. The third kappa shape index (κ3) is 2.76. The van der Waals surface area contributed by atoms with Crippen molar-refractivity contribution in [2.45, 2.75) is 32.1 Å². The Morgan fingerprint density at radius 3 is 2.58 bits per heavy atom. The molecule has 104 valence electrons. The van der Waals surface area contributed by atoms with Gasteiger partial charge in [-0.15, -0.1) is 0 Å². The predicted octanol–water partition coefficient (Wildman–Crippen LogP) is 2.81. The second-order valence-corrected chi connectivity index (χ2v) is 5.10. The molecule has 0 saturated heterocycles. The van der Waals surface area contributed by atoms with Gasteiger partial charge in [0.2, 0.25) is 5.91 Å². The normalized spacial score (nSPS) is 18.1. The number of carbonyl (C=O) groups excluding carboxylic acids is 1. The van der Waals surface area contributed by atoms with Gasteiger partial charge in [-0.1, -0.05) is 25.3 Å². The molecule has 0 unspecified atom stereocenters. The van der Waals surface area contributed by atoms with Crippen LogP contribution in [0.3, 0.4) is 0 Å².